The number of esters is 1. The highest BCUT2D eigenvalue weighted by Gasteiger charge is 2.50. The summed E-state index contributed by atoms with van der Waals surface area (Å²) in [5.74, 6) is 1.48. The zero-order chi connectivity index (χ0) is 31.1. The molecule has 0 unspecified atom stereocenters. The molecule has 7 N–H and O–H groups in total. The van der Waals surface area contributed by atoms with Gasteiger partial charge in [-0.1, -0.05) is 45.1 Å². The van der Waals surface area contributed by atoms with Crippen LogP contribution in [-0.4, -0.2) is 142 Å². The van der Waals surface area contributed by atoms with Gasteiger partial charge in [0, 0.05) is 12.2 Å². The van der Waals surface area contributed by atoms with Gasteiger partial charge in [0.05, 0.1) is 26.9 Å². The van der Waals surface area contributed by atoms with E-state index in [4.69, 9.17) is 18.9 Å². The van der Waals surface area contributed by atoms with Crippen molar-refractivity contribution < 1.29 is 64.2 Å². The maximum atomic E-state index is 11.1. The predicted octanol–water partition coefficient (Wildman–Crippen LogP) is -0.400. The predicted molar refractivity (Wildman–Crippen MR) is 152 cm³/mol. The molecule has 0 aliphatic carbocycles. The Kier molecular flexibility index (Phi) is 18.0. The van der Waals surface area contributed by atoms with E-state index >= 15 is 0 Å². The third-order valence-corrected chi connectivity index (χ3v) is 8.56. The molecule has 0 bridgehead atoms. The second kappa shape index (κ2) is 20.2. The third-order valence-electron chi connectivity index (χ3n) is 7.37. The van der Waals surface area contributed by atoms with Crippen molar-refractivity contribution in [3.8, 4) is 0 Å². The Bertz CT molecular complexity index is 770. The number of ether oxygens (including phenoxy) is 5. The van der Waals surface area contributed by atoms with Crippen LogP contribution in [0.3, 0.4) is 0 Å². The van der Waals surface area contributed by atoms with Crippen LogP contribution in [0.25, 0.3) is 0 Å². The van der Waals surface area contributed by atoms with Gasteiger partial charge in [0.2, 0.25) is 0 Å². The Morgan fingerprint density at radius 3 is 1.95 bits per heavy atom. The molecule has 0 spiro atoms. The van der Waals surface area contributed by atoms with Crippen molar-refractivity contribution in [2.45, 2.75) is 119 Å². The second-order valence-electron chi connectivity index (χ2n) is 10.8. The molecule has 42 heavy (non-hydrogen) atoms. The lowest BCUT2D eigenvalue weighted by Gasteiger charge is -2.45. The van der Waals surface area contributed by atoms with Crippen molar-refractivity contribution in [3.05, 3.63) is 12.2 Å². The molecule has 13 nitrogen and oxygen atoms in total. The van der Waals surface area contributed by atoms with Gasteiger partial charge in [-0.3, -0.25) is 4.79 Å². The van der Waals surface area contributed by atoms with Gasteiger partial charge in [-0.05, 0) is 24.2 Å². The number of rotatable bonds is 20. The van der Waals surface area contributed by atoms with Crippen LogP contribution in [0.4, 0.5) is 0 Å². The minimum Gasteiger partial charge on any atom is -0.469 e. The average molecular weight is 627 g/mol. The minimum atomic E-state index is -1.73. The van der Waals surface area contributed by atoms with E-state index < -0.39 is 74.6 Å². The molecule has 2 saturated heterocycles. The van der Waals surface area contributed by atoms with Gasteiger partial charge < -0.3 is 59.4 Å². The Balaban J connectivity index is 1.63. The van der Waals surface area contributed by atoms with E-state index in [1.807, 2.05) is 0 Å². The molecular weight excluding hydrogens is 576 g/mol. The summed E-state index contributed by atoms with van der Waals surface area (Å²) < 4.78 is 26.7. The first-order chi connectivity index (χ1) is 20.1. The van der Waals surface area contributed by atoms with E-state index in [2.05, 4.69) is 11.3 Å². The normalized spacial score (nSPS) is 33.4. The molecule has 2 aliphatic heterocycles. The fraction of sp³-hybridized carbons (Fsp3) is 0.893. The number of hydrogen-bond donors (Lipinski definition) is 7. The maximum absolute atomic E-state index is 11.1. The number of aliphatic hydroxyl groups excluding tert-OH is 7. The minimum absolute atomic E-state index is 0.0633. The largest absolute Gasteiger partial charge is 0.469 e. The lowest BCUT2D eigenvalue weighted by Crippen LogP contribution is -2.64. The van der Waals surface area contributed by atoms with Crippen LogP contribution < -0.4 is 0 Å². The van der Waals surface area contributed by atoms with E-state index in [0.29, 0.717) is 12.2 Å². The fourth-order valence-corrected chi connectivity index (χ4v) is 5.71. The van der Waals surface area contributed by atoms with Crippen LogP contribution in [0.5, 0.6) is 0 Å². The van der Waals surface area contributed by atoms with E-state index in [1.165, 1.54) is 26.4 Å². The molecule has 0 amide bonds. The molecule has 246 valence electrons. The van der Waals surface area contributed by atoms with Crippen molar-refractivity contribution in [3.63, 3.8) is 0 Å². The van der Waals surface area contributed by atoms with E-state index in [0.717, 1.165) is 43.4 Å². The summed E-state index contributed by atoms with van der Waals surface area (Å²) in [7, 11) is 1.41. The van der Waals surface area contributed by atoms with Gasteiger partial charge in [-0.2, -0.15) is 11.8 Å². The Morgan fingerprint density at radius 1 is 0.762 bits per heavy atom. The SMILES string of the molecule is C=C(CO[C@@H]1O[C@H](CO)[C@@H](O[C@@H]2O[C@H](CO)[C@H](O)[C@H](O)[C@H]2O)[C@H](O)[C@H]1O)CSCCCCCCCCCCC(=O)OC. The molecule has 2 fully saturated rings. The first-order valence-electron chi connectivity index (χ1n) is 14.7. The fourth-order valence-electron chi connectivity index (χ4n) is 4.79. The summed E-state index contributed by atoms with van der Waals surface area (Å²) in [6, 6.07) is 0. The Labute approximate surface area is 251 Å². The average Bonchev–Trinajstić information content (AvgIpc) is 2.99. The maximum Gasteiger partial charge on any atom is 0.305 e. The van der Waals surface area contributed by atoms with Crippen molar-refractivity contribution in [2.75, 3.05) is 38.4 Å². The molecule has 2 heterocycles. The summed E-state index contributed by atoms with van der Waals surface area (Å²) >= 11 is 1.73. The molecule has 0 radical (unpaired) electrons. The van der Waals surface area contributed by atoms with Gasteiger partial charge in [0.15, 0.2) is 12.6 Å². The standard InChI is InChI=1S/C28H50O13S/c1-17(16-42-12-10-8-6-4-3-5-7-9-11-20(31)37-2)15-38-27-25(36)23(34)26(19(14-30)40-27)41-28-24(35)22(33)21(32)18(13-29)39-28/h18-19,21-30,32-36H,1,3-16H2,2H3/t18-,19-,21+,22+,23-,24-,25-,26-,27-,28+/m1/s1. The van der Waals surface area contributed by atoms with Gasteiger partial charge in [-0.25, -0.2) is 0 Å². The highest BCUT2D eigenvalue weighted by Crippen LogP contribution is 2.29. The van der Waals surface area contributed by atoms with Gasteiger partial charge in [0.25, 0.3) is 0 Å². The molecule has 0 aromatic carbocycles. The lowest BCUT2D eigenvalue weighted by molar-refractivity contribution is -0.358. The smallest absolute Gasteiger partial charge is 0.305 e. The molecule has 14 heteroatoms. The van der Waals surface area contributed by atoms with Gasteiger partial charge in [-0.15, -0.1) is 0 Å². The number of methoxy groups -OCH3 is 1. The Hall–Kier alpha value is -0.880. The number of hydrogen-bond acceptors (Lipinski definition) is 14. The summed E-state index contributed by atoms with van der Waals surface area (Å²) in [5, 5.41) is 70.6. The van der Waals surface area contributed by atoms with Crippen LogP contribution in [0.15, 0.2) is 12.2 Å². The topological polar surface area (TPSA) is 205 Å². The summed E-state index contributed by atoms with van der Waals surface area (Å²) in [6.07, 6.45) is -5.52. The number of carbonyl (C=O) groups is 1. The third kappa shape index (κ3) is 11.9. The van der Waals surface area contributed by atoms with E-state index in [-0.39, 0.29) is 12.6 Å². The molecule has 0 aromatic heterocycles. The van der Waals surface area contributed by atoms with Crippen molar-refractivity contribution in [1.29, 1.82) is 0 Å². The van der Waals surface area contributed by atoms with Crippen molar-refractivity contribution >= 4 is 17.7 Å². The van der Waals surface area contributed by atoms with Crippen LogP contribution >= 0.6 is 11.8 Å². The van der Waals surface area contributed by atoms with Crippen molar-refractivity contribution in [1.82, 2.24) is 0 Å². The summed E-state index contributed by atoms with van der Waals surface area (Å²) in [5.41, 5.74) is 0.762. The molecule has 2 rings (SSSR count). The van der Waals surface area contributed by atoms with Crippen LogP contribution in [0, 0.1) is 0 Å². The number of carbonyl (C=O) groups excluding carboxylic acids is 1. The van der Waals surface area contributed by atoms with Gasteiger partial charge in [0.1, 0.15) is 48.8 Å². The second-order valence-corrected chi connectivity index (χ2v) is 11.9. The first-order valence-corrected chi connectivity index (χ1v) is 15.8. The highest BCUT2D eigenvalue weighted by molar-refractivity contribution is 7.99. The molecule has 0 aromatic rings. The summed E-state index contributed by atoms with van der Waals surface area (Å²) in [6.45, 7) is 2.76. The summed E-state index contributed by atoms with van der Waals surface area (Å²) in [4.78, 5) is 11.1. The molecule has 0 saturated carbocycles. The first kappa shape index (κ1) is 37.3. The zero-order valence-corrected chi connectivity index (χ0v) is 25.2. The van der Waals surface area contributed by atoms with Gasteiger partial charge >= 0.3 is 5.97 Å². The number of aliphatic hydroxyl groups is 7. The lowest BCUT2D eigenvalue weighted by atomic mass is 9.97. The monoisotopic (exact) mass is 626 g/mol. The highest BCUT2D eigenvalue weighted by atomic mass is 32.2. The van der Waals surface area contributed by atoms with Crippen LogP contribution in [-0.2, 0) is 28.5 Å². The van der Waals surface area contributed by atoms with E-state index in [1.54, 1.807) is 11.8 Å². The molecule has 10 atom stereocenters. The van der Waals surface area contributed by atoms with Crippen LogP contribution in [0.2, 0.25) is 0 Å². The van der Waals surface area contributed by atoms with Crippen LogP contribution in [0.1, 0.15) is 57.8 Å². The molecule has 2 aliphatic rings. The molecular formula is C28H50O13S. The van der Waals surface area contributed by atoms with E-state index in [9.17, 15) is 40.5 Å². The van der Waals surface area contributed by atoms with Crippen molar-refractivity contribution in [2.24, 2.45) is 0 Å². The number of unbranched alkanes of at least 4 members (excludes halogenated alkanes) is 7. The zero-order valence-electron chi connectivity index (χ0n) is 24.4. The number of thioether (sulfide) groups is 1. The quantitative estimate of drug-likeness (QED) is 0.0522. The Morgan fingerprint density at radius 2 is 1.33 bits per heavy atom.